The van der Waals surface area contributed by atoms with E-state index in [1.54, 1.807) is 24.3 Å². The molecule has 0 aliphatic carbocycles. The van der Waals surface area contributed by atoms with Crippen molar-refractivity contribution in [1.29, 1.82) is 0 Å². The second kappa shape index (κ2) is 10.7. The van der Waals surface area contributed by atoms with Gasteiger partial charge in [-0.05, 0) is 36.8 Å². The summed E-state index contributed by atoms with van der Waals surface area (Å²) < 4.78 is 25.6. The molecule has 1 aromatic heterocycles. The van der Waals surface area contributed by atoms with Crippen LogP contribution in [0.15, 0.2) is 90.1 Å². The molecule has 0 bridgehead atoms. The van der Waals surface area contributed by atoms with Crippen LogP contribution in [0.1, 0.15) is 11.1 Å². The zero-order chi connectivity index (χ0) is 24.8. The highest BCUT2D eigenvalue weighted by atomic mass is 32.2. The average Bonchev–Trinajstić information content (AvgIpc) is 2.98. The number of nitrogens with one attached hydrogen (secondary N) is 2. The molecule has 0 atom stereocenters. The predicted molar refractivity (Wildman–Crippen MR) is 144 cm³/mol. The number of benzene rings is 2. The summed E-state index contributed by atoms with van der Waals surface area (Å²) in [5.74, 6) is 1.37. The summed E-state index contributed by atoms with van der Waals surface area (Å²) in [5, 5.41) is 7.70. The summed E-state index contributed by atoms with van der Waals surface area (Å²) in [6.07, 6.45) is 7.12. The first-order valence-electron chi connectivity index (χ1n) is 11.6. The predicted octanol–water partition coefficient (Wildman–Crippen LogP) is 3.88. The van der Waals surface area contributed by atoms with Gasteiger partial charge in [0.1, 0.15) is 5.82 Å². The number of aryl methyl sites for hydroxylation is 1. The topological polar surface area (TPSA) is 100 Å². The van der Waals surface area contributed by atoms with E-state index < -0.39 is 9.84 Å². The number of anilines is 2. The largest absolute Gasteiger partial charge is 0.386 e. The van der Waals surface area contributed by atoms with Crippen LogP contribution in [0, 0.1) is 6.92 Å². The fourth-order valence-corrected chi connectivity index (χ4v) is 5.59. The summed E-state index contributed by atoms with van der Waals surface area (Å²) in [7, 11) is -3.33. The van der Waals surface area contributed by atoms with Gasteiger partial charge in [-0.3, -0.25) is 0 Å². The molecule has 0 amide bonds. The first kappa shape index (κ1) is 24.3. The van der Waals surface area contributed by atoms with Gasteiger partial charge in [-0.2, -0.15) is 0 Å². The van der Waals surface area contributed by atoms with E-state index in [0.717, 1.165) is 33.5 Å². The number of allylic oxidation sites excluding steroid dienone is 4. The van der Waals surface area contributed by atoms with Gasteiger partial charge in [0.2, 0.25) is 0 Å². The average molecular weight is 490 g/mol. The van der Waals surface area contributed by atoms with Crippen molar-refractivity contribution in [1.82, 2.24) is 10.3 Å². The Morgan fingerprint density at radius 2 is 2.00 bits per heavy atom. The summed E-state index contributed by atoms with van der Waals surface area (Å²) >= 11 is 0. The molecule has 0 radical (unpaired) electrons. The minimum absolute atomic E-state index is 0.0518. The van der Waals surface area contributed by atoms with Crippen molar-refractivity contribution in [2.75, 3.05) is 35.6 Å². The molecule has 2 heterocycles. The number of hydrogen-bond acceptors (Lipinski definition) is 7. The summed E-state index contributed by atoms with van der Waals surface area (Å²) in [6, 6.07) is 15.4. The van der Waals surface area contributed by atoms with Crippen molar-refractivity contribution in [2.24, 2.45) is 5.73 Å². The van der Waals surface area contributed by atoms with E-state index in [4.69, 9.17) is 10.7 Å². The first-order valence-corrected chi connectivity index (χ1v) is 13.2. The molecule has 7 nitrogen and oxygen atoms in total. The number of nitrogens with two attached hydrogens (primary N) is 1. The highest BCUT2D eigenvalue weighted by Gasteiger charge is 2.26. The lowest BCUT2D eigenvalue weighted by Gasteiger charge is -2.23. The van der Waals surface area contributed by atoms with Gasteiger partial charge < -0.3 is 21.3 Å². The van der Waals surface area contributed by atoms with E-state index in [-0.39, 0.29) is 5.75 Å². The van der Waals surface area contributed by atoms with Crippen LogP contribution in [0.3, 0.4) is 0 Å². The van der Waals surface area contributed by atoms with Crippen LogP contribution in [0.4, 0.5) is 11.5 Å². The highest BCUT2D eigenvalue weighted by molar-refractivity contribution is 7.91. The molecule has 3 aromatic rings. The molecule has 4 rings (SSSR count). The number of sulfone groups is 1. The Hall–Kier alpha value is -3.78. The van der Waals surface area contributed by atoms with Crippen LogP contribution in [0.5, 0.6) is 0 Å². The number of hydrogen-bond donors (Lipinski definition) is 3. The molecular formula is C27H31N5O2S. The maximum Gasteiger partial charge on any atom is 0.180 e. The second-order valence-corrected chi connectivity index (χ2v) is 10.6. The molecule has 0 fully saturated rings. The Balaban J connectivity index is 1.59. The number of fused-ring (bicyclic) bond motifs is 2. The van der Waals surface area contributed by atoms with Gasteiger partial charge in [-0.1, -0.05) is 54.6 Å². The maximum atomic E-state index is 12.8. The number of aromatic nitrogens is 1. The fraction of sp³-hybridized carbons (Fsp3) is 0.222. The number of pyridine rings is 1. The fourth-order valence-electron chi connectivity index (χ4n) is 4.09. The van der Waals surface area contributed by atoms with Crippen molar-refractivity contribution in [3.63, 3.8) is 0 Å². The number of rotatable bonds is 8. The van der Waals surface area contributed by atoms with Gasteiger partial charge in [0, 0.05) is 43.3 Å². The van der Waals surface area contributed by atoms with Gasteiger partial charge >= 0.3 is 0 Å². The van der Waals surface area contributed by atoms with Gasteiger partial charge in [0.25, 0.3) is 0 Å². The Morgan fingerprint density at radius 1 is 1.17 bits per heavy atom. The first-order chi connectivity index (χ1) is 16.9. The normalized spacial score (nSPS) is 15.6. The zero-order valence-corrected chi connectivity index (χ0v) is 20.7. The van der Waals surface area contributed by atoms with Gasteiger partial charge in [0.05, 0.1) is 22.0 Å². The monoisotopic (exact) mass is 489 g/mol. The van der Waals surface area contributed by atoms with Crippen molar-refractivity contribution in [3.05, 3.63) is 96.4 Å². The van der Waals surface area contributed by atoms with Crippen molar-refractivity contribution in [2.45, 2.75) is 18.4 Å². The third-order valence-electron chi connectivity index (χ3n) is 5.87. The molecule has 4 N–H and O–H groups in total. The van der Waals surface area contributed by atoms with Gasteiger partial charge in [-0.25, -0.2) is 13.4 Å². The molecule has 0 spiro atoms. The minimum atomic E-state index is -3.33. The van der Waals surface area contributed by atoms with Gasteiger partial charge in [0.15, 0.2) is 9.84 Å². The van der Waals surface area contributed by atoms with E-state index in [1.165, 1.54) is 0 Å². The molecule has 0 saturated heterocycles. The van der Waals surface area contributed by atoms with Gasteiger partial charge in [-0.15, -0.1) is 0 Å². The lowest BCUT2D eigenvalue weighted by molar-refractivity contribution is 0.596. The van der Waals surface area contributed by atoms with Crippen LogP contribution >= 0.6 is 0 Å². The Kier molecular flexibility index (Phi) is 7.41. The second-order valence-electron chi connectivity index (χ2n) is 8.49. The lowest BCUT2D eigenvalue weighted by Crippen LogP contribution is -2.27. The molecule has 1 aliphatic heterocycles. The zero-order valence-electron chi connectivity index (χ0n) is 19.9. The molecule has 182 valence electrons. The van der Waals surface area contributed by atoms with E-state index >= 15 is 0 Å². The van der Waals surface area contributed by atoms with Crippen molar-refractivity contribution < 1.29 is 8.42 Å². The van der Waals surface area contributed by atoms with Crippen LogP contribution in [0.25, 0.3) is 10.9 Å². The maximum absolute atomic E-state index is 12.8. The van der Waals surface area contributed by atoms with Crippen molar-refractivity contribution in [3.8, 4) is 0 Å². The quantitative estimate of drug-likeness (QED) is 0.326. The molecule has 1 aliphatic rings. The minimum Gasteiger partial charge on any atom is -0.386 e. The Labute approximate surface area is 207 Å². The Morgan fingerprint density at radius 3 is 2.83 bits per heavy atom. The van der Waals surface area contributed by atoms with Crippen LogP contribution in [0.2, 0.25) is 0 Å². The molecule has 35 heavy (non-hydrogen) atoms. The molecular weight excluding hydrogens is 458 g/mol. The summed E-state index contributed by atoms with van der Waals surface area (Å²) in [4.78, 5) is 7.35. The molecule has 0 saturated carbocycles. The van der Waals surface area contributed by atoms with Crippen molar-refractivity contribution >= 4 is 32.2 Å². The van der Waals surface area contributed by atoms with Crippen LogP contribution in [-0.2, 0) is 16.4 Å². The standard InChI is InChI=1S/C27H31N5O2S/c1-3-4-5-10-26(28)30-14-13-29-24-18-27(31-23-12-11-20(2)17-22(23)24)32-15-16-35(33,34)25-9-7-6-8-21(25)19-32/h3-12,17-18,30H,1,13-16,19,28H2,2H3,(H,29,31)/b5-4-,26-10+. The summed E-state index contributed by atoms with van der Waals surface area (Å²) in [6.45, 7) is 7.82. The lowest BCUT2D eigenvalue weighted by atomic mass is 10.1. The third kappa shape index (κ3) is 5.84. The molecule has 0 unspecified atom stereocenters. The molecule has 2 aromatic carbocycles. The van der Waals surface area contributed by atoms with E-state index in [1.807, 2.05) is 47.4 Å². The van der Waals surface area contributed by atoms with E-state index in [2.05, 4.69) is 30.2 Å². The summed E-state index contributed by atoms with van der Waals surface area (Å²) in [5.41, 5.74) is 9.72. The number of nitrogens with zero attached hydrogens (tertiary/aromatic N) is 2. The third-order valence-corrected chi connectivity index (χ3v) is 7.65. The van der Waals surface area contributed by atoms with E-state index in [9.17, 15) is 8.42 Å². The smallest absolute Gasteiger partial charge is 0.180 e. The van der Waals surface area contributed by atoms with E-state index in [0.29, 0.717) is 36.9 Å². The highest BCUT2D eigenvalue weighted by Crippen LogP contribution is 2.31. The SMILES string of the molecule is C=C/C=C\C=C(/N)NCCNc1cc(N2CCS(=O)(=O)c3ccccc3C2)nc2ccc(C)cc12. The van der Waals surface area contributed by atoms with Crippen LogP contribution in [-0.4, -0.2) is 38.8 Å². The van der Waals surface area contributed by atoms with Crippen LogP contribution < -0.4 is 21.3 Å². The Bertz CT molecular complexity index is 1400. The molecule has 8 heteroatoms.